The van der Waals surface area contributed by atoms with Gasteiger partial charge in [-0.25, -0.2) is 4.98 Å². The molecule has 1 aromatic carbocycles. The van der Waals surface area contributed by atoms with Gasteiger partial charge in [0, 0.05) is 94.6 Å². The molecule has 4 amide bonds. The predicted octanol–water partition coefficient (Wildman–Crippen LogP) is 3.23. The molecule has 3 aliphatic heterocycles. The average Bonchev–Trinajstić information content (AvgIpc) is 3.71. The van der Waals surface area contributed by atoms with Crippen LogP contribution in [0, 0.1) is 11.8 Å². The van der Waals surface area contributed by atoms with E-state index in [1.54, 1.807) is 31.5 Å². The molecule has 0 aliphatic carbocycles. The van der Waals surface area contributed by atoms with Crippen molar-refractivity contribution in [3.63, 3.8) is 0 Å². The summed E-state index contributed by atoms with van der Waals surface area (Å²) in [6, 6.07) is 6.31. The van der Waals surface area contributed by atoms with Crippen molar-refractivity contribution in [1.29, 1.82) is 0 Å². The topological polar surface area (TPSA) is 124 Å². The van der Waals surface area contributed by atoms with Gasteiger partial charge in [-0.05, 0) is 69.1 Å². The number of nitrogens with zero attached hydrogens (tertiary/aromatic N) is 5. The Morgan fingerprint density at radius 3 is 2.67 bits per heavy atom. The molecule has 11 heteroatoms. The fourth-order valence-electron chi connectivity index (χ4n) is 7.80. The number of aromatic amines is 1. The van der Waals surface area contributed by atoms with Crippen molar-refractivity contribution in [2.75, 3.05) is 40.3 Å². The summed E-state index contributed by atoms with van der Waals surface area (Å²) in [5.41, 5.74) is 3.28. The minimum absolute atomic E-state index is 0.0500. The molecule has 2 N–H and O–H groups in total. The third kappa shape index (κ3) is 6.16. The van der Waals surface area contributed by atoms with Crippen LogP contribution in [0.5, 0.6) is 0 Å². The number of piperidine rings is 2. The number of imidazole rings is 1. The largest absolute Gasteiger partial charge is 0.356 e. The van der Waals surface area contributed by atoms with Gasteiger partial charge in [0.2, 0.25) is 23.6 Å². The summed E-state index contributed by atoms with van der Waals surface area (Å²) in [5, 5.41) is 4.10. The first kappa shape index (κ1) is 31.8. The lowest BCUT2D eigenvalue weighted by atomic mass is 9.67. The number of fused-ring (bicyclic) bond motifs is 5. The molecule has 3 aliphatic rings. The monoisotopic (exact) mass is 629 g/mol. The van der Waals surface area contributed by atoms with Crippen molar-refractivity contribution >= 4 is 34.5 Å². The number of hydrogen-bond acceptors (Lipinski definition) is 5. The summed E-state index contributed by atoms with van der Waals surface area (Å²) in [6.07, 6.45) is 11.4. The van der Waals surface area contributed by atoms with Gasteiger partial charge in [0.1, 0.15) is 0 Å². The number of aryl methyl sites for hydroxylation is 2. The van der Waals surface area contributed by atoms with Gasteiger partial charge in [0.15, 0.2) is 0 Å². The standard InChI is InChI=1S/C35H47N7O4/c1-35-28(34(46)41-16-5-4-6-17-41)21-25(22-30(43)37-13-7-15-40-19-14-36-23-40)33(45)42(35)18-12-27-26-10-8-24(9-11-31(44)39(2)3)20-29(26)38-32(27)35/h8,10,14,19-20,23,25,28,38H,4-7,9,11-13,15-18,21-22H2,1-3H3,(H,37,43)/t25-,28-,35+/m1/s1. The van der Waals surface area contributed by atoms with Gasteiger partial charge in [-0.3, -0.25) is 19.2 Å². The third-order valence-corrected chi connectivity index (χ3v) is 10.4. The van der Waals surface area contributed by atoms with Crippen molar-refractivity contribution in [3.8, 4) is 0 Å². The Hall–Kier alpha value is -4.15. The Morgan fingerprint density at radius 1 is 1.13 bits per heavy atom. The Kier molecular flexibility index (Phi) is 9.20. The van der Waals surface area contributed by atoms with E-state index in [-0.39, 0.29) is 30.0 Å². The lowest BCUT2D eigenvalue weighted by molar-refractivity contribution is -0.164. The van der Waals surface area contributed by atoms with Crippen molar-refractivity contribution in [2.45, 2.75) is 76.8 Å². The SMILES string of the molecule is CN(C)C(=O)CCc1ccc2c3c([nH]c2c1)[C@]1(C)[C@@H](C(=O)N2CCCCC2)C[C@H](CC(=O)NCCCn2ccnc2)C(=O)N1CC3. The van der Waals surface area contributed by atoms with Crippen LogP contribution in [-0.2, 0) is 44.1 Å². The van der Waals surface area contributed by atoms with E-state index in [9.17, 15) is 19.2 Å². The molecule has 246 valence electrons. The minimum atomic E-state index is -0.850. The van der Waals surface area contributed by atoms with Crippen LogP contribution in [0.15, 0.2) is 36.9 Å². The number of aromatic nitrogens is 3. The molecule has 6 rings (SSSR count). The molecule has 2 fully saturated rings. The molecule has 2 aromatic heterocycles. The van der Waals surface area contributed by atoms with Crippen LogP contribution < -0.4 is 5.32 Å². The summed E-state index contributed by atoms with van der Waals surface area (Å²) >= 11 is 0. The first-order valence-corrected chi connectivity index (χ1v) is 16.8. The van der Waals surface area contributed by atoms with Crippen LogP contribution in [0.2, 0.25) is 0 Å². The fourth-order valence-corrected chi connectivity index (χ4v) is 7.80. The molecule has 0 radical (unpaired) electrons. The number of nitrogens with one attached hydrogen (secondary N) is 2. The normalized spacial score (nSPS) is 22.8. The van der Waals surface area contributed by atoms with E-state index in [1.807, 2.05) is 27.5 Å². The maximum absolute atomic E-state index is 14.4. The van der Waals surface area contributed by atoms with E-state index in [0.717, 1.165) is 73.0 Å². The van der Waals surface area contributed by atoms with E-state index < -0.39 is 17.4 Å². The van der Waals surface area contributed by atoms with Crippen LogP contribution in [0.1, 0.15) is 68.7 Å². The molecule has 0 bridgehead atoms. The Bertz CT molecular complexity index is 1590. The van der Waals surface area contributed by atoms with Gasteiger partial charge in [-0.2, -0.15) is 0 Å². The molecular formula is C35H47N7O4. The summed E-state index contributed by atoms with van der Waals surface area (Å²) in [5.74, 6) is -1.04. The molecule has 0 saturated carbocycles. The zero-order valence-corrected chi connectivity index (χ0v) is 27.4. The number of likely N-dealkylation sites (tertiary alicyclic amines) is 1. The van der Waals surface area contributed by atoms with Gasteiger partial charge in [0.05, 0.1) is 17.8 Å². The van der Waals surface area contributed by atoms with E-state index in [4.69, 9.17) is 0 Å². The number of carbonyl (C=O) groups excluding carboxylic acids is 4. The smallest absolute Gasteiger partial charge is 0.228 e. The minimum Gasteiger partial charge on any atom is -0.356 e. The van der Waals surface area contributed by atoms with Crippen molar-refractivity contribution in [1.82, 2.24) is 34.6 Å². The molecule has 46 heavy (non-hydrogen) atoms. The molecule has 5 heterocycles. The van der Waals surface area contributed by atoms with Gasteiger partial charge in [-0.15, -0.1) is 0 Å². The average molecular weight is 630 g/mol. The van der Waals surface area contributed by atoms with Crippen LogP contribution in [0.25, 0.3) is 10.9 Å². The molecule has 11 nitrogen and oxygen atoms in total. The molecular weight excluding hydrogens is 582 g/mol. The zero-order valence-electron chi connectivity index (χ0n) is 27.4. The summed E-state index contributed by atoms with van der Waals surface area (Å²) in [6.45, 7) is 5.28. The van der Waals surface area contributed by atoms with E-state index in [2.05, 4.69) is 33.5 Å². The molecule has 3 aromatic rings. The molecule has 3 atom stereocenters. The van der Waals surface area contributed by atoms with Gasteiger partial charge in [0.25, 0.3) is 0 Å². The lowest BCUT2D eigenvalue weighted by Gasteiger charge is -2.54. The van der Waals surface area contributed by atoms with Crippen molar-refractivity contribution < 1.29 is 19.2 Å². The first-order valence-electron chi connectivity index (χ1n) is 16.8. The van der Waals surface area contributed by atoms with Crippen molar-refractivity contribution in [2.24, 2.45) is 11.8 Å². The second-order valence-electron chi connectivity index (χ2n) is 13.6. The Balaban J connectivity index is 1.25. The maximum atomic E-state index is 14.4. The third-order valence-electron chi connectivity index (χ3n) is 10.4. The number of hydrogen-bond donors (Lipinski definition) is 2. The van der Waals surface area contributed by atoms with Crippen LogP contribution in [-0.4, -0.2) is 93.1 Å². The summed E-state index contributed by atoms with van der Waals surface area (Å²) in [7, 11) is 3.54. The zero-order chi connectivity index (χ0) is 32.4. The molecule has 2 saturated heterocycles. The highest BCUT2D eigenvalue weighted by atomic mass is 16.2. The molecule has 0 unspecified atom stereocenters. The van der Waals surface area contributed by atoms with Gasteiger partial charge < -0.3 is 29.6 Å². The highest BCUT2D eigenvalue weighted by Crippen LogP contribution is 2.50. The fraction of sp³-hybridized carbons (Fsp3) is 0.571. The lowest BCUT2D eigenvalue weighted by Crippen LogP contribution is -2.64. The van der Waals surface area contributed by atoms with Crippen LogP contribution in [0.3, 0.4) is 0 Å². The van der Waals surface area contributed by atoms with E-state index in [0.29, 0.717) is 38.8 Å². The van der Waals surface area contributed by atoms with Gasteiger partial charge in [-0.1, -0.05) is 12.1 Å². The second-order valence-corrected chi connectivity index (χ2v) is 13.6. The number of carbonyl (C=O) groups is 4. The quantitative estimate of drug-likeness (QED) is 0.334. The van der Waals surface area contributed by atoms with E-state index in [1.165, 1.54) is 0 Å². The van der Waals surface area contributed by atoms with Crippen LogP contribution in [0.4, 0.5) is 0 Å². The number of rotatable bonds is 10. The van der Waals surface area contributed by atoms with E-state index >= 15 is 0 Å². The van der Waals surface area contributed by atoms with Crippen LogP contribution >= 0.6 is 0 Å². The predicted molar refractivity (Wildman–Crippen MR) is 175 cm³/mol. The number of H-pyrrole nitrogens is 1. The highest BCUT2D eigenvalue weighted by Gasteiger charge is 2.57. The summed E-state index contributed by atoms with van der Waals surface area (Å²) < 4.78 is 1.97. The molecule has 0 spiro atoms. The maximum Gasteiger partial charge on any atom is 0.228 e. The first-order chi connectivity index (χ1) is 22.2. The Morgan fingerprint density at radius 2 is 1.93 bits per heavy atom. The van der Waals surface area contributed by atoms with Crippen molar-refractivity contribution in [3.05, 3.63) is 53.7 Å². The highest BCUT2D eigenvalue weighted by molar-refractivity contribution is 5.93. The summed E-state index contributed by atoms with van der Waals surface area (Å²) in [4.78, 5) is 67.1. The van der Waals surface area contributed by atoms with Gasteiger partial charge >= 0.3 is 0 Å². The Labute approximate surface area is 270 Å². The number of amides is 4. The number of benzene rings is 1. The second kappa shape index (κ2) is 13.3.